The third-order valence-electron chi connectivity index (χ3n) is 6.04. The Balaban J connectivity index is 1.37. The Hall–Kier alpha value is -2.49. The quantitative estimate of drug-likeness (QED) is 0.434. The van der Waals surface area contributed by atoms with Gasteiger partial charge in [-0.2, -0.15) is 4.98 Å². The Morgan fingerprint density at radius 1 is 0.964 bits per heavy atom. The van der Waals surface area contributed by atoms with Crippen LogP contribution in [0.15, 0.2) is 53.3 Å². The molecule has 1 saturated carbocycles. The molecule has 146 valence electrons. The van der Waals surface area contributed by atoms with E-state index in [0.29, 0.717) is 17.6 Å². The summed E-state index contributed by atoms with van der Waals surface area (Å²) < 4.78 is 5.40. The molecule has 0 saturated heterocycles. The molecule has 0 aliphatic heterocycles. The average Bonchev–Trinajstić information content (AvgIpc) is 3.26. The number of rotatable bonds is 7. The lowest BCUT2D eigenvalue weighted by atomic mass is 9.77. The molecular formula is C24H29N3O. The van der Waals surface area contributed by atoms with Crippen molar-refractivity contribution in [3.63, 3.8) is 0 Å². The average molecular weight is 376 g/mol. The molecule has 4 nitrogen and oxygen atoms in total. The summed E-state index contributed by atoms with van der Waals surface area (Å²) in [5.74, 6) is 2.79. The molecule has 1 fully saturated rings. The second-order valence-corrected chi connectivity index (χ2v) is 8.00. The van der Waals surface area contributed by atoms with Crippen molar-refractivity contribution in [3.8, 4) is 22.8 Å². The fourth-order valence-electron chi connectivity index (χ4n) is 4.32. The van der Waals surface area contributed by atoms with Crippen LogP contribution in [-0.2, 0) is 0 Å². The predicted molar refractivity (Wildman–Crippen MR) is 112 cm³/mol. The van der Waals surface area contributed by atoms with Gasteiger partial charge in [0.25, 0.3) is 5.89 Å². The van der Waals surface area contributed by atoms with E-state index in [1.54, 1.807) is 12.4 Å². The van der Waals surface area contributed by atoms with E-state index in [-0.39, 0.29) is 0 Å². The Morgan fingerprint density at radius 2 is 1.79 bits per heavy atom. The van der Waals surface area contributed by atoms with E-state index >= 15 is 0 Å². The van der Waals surface area contributed by atoms with Crippen LogP contribution in [0.2, 0.25) is 0 Å². The molecule has 0 bridgehead atoms. The topological polar surface area (TPSA) is 51.8 Å². The van der Waals surface area contributed by atoms with Gasteiger partial charge in [0.15, 0.2) is 0 Å². The van der Waals surface area contributed by atoms with Crippen molar-refractivity contribution in [2.75, 3.05) is 0 Å². The zero-order valence-corrected chi connectivity index (χ0v) is 16.7. The third-order valence-corrected chi connectivity index (χ3v) is 6.04. The molecule has 0 atom stereocenters. The van der Waals surface area contributed by atoms with E-state index in [0.717, 1.165) is 17.0 Å². The minimum atomic E-state index is 0.508. The van der Waals surface area contributed by atoms with Crippen LogP contribution >= 0.6 is 0 Å². The lowest BCUT2D eigenvalue weighted by Gasteiger charge is -2.29. The van der Waals surface area contributed by atoms with Gasteiger partial charge in [-0.25, -0.2) is 0 Å². The second-order valence-electron chi connectivity index (χ2n) is 8.00. The molecule has 0 unspecified atom stereocenters. The Kier molecular flexibility index (Phi) is 6.15. The number of hydrogen-bond donors (Lipinski definition) is 0. The van der Waals surface area contributed by atoms with Crippen molar-refractivity contribution < 1.29 is 4.52 Å². The van der Waals surface area contributed by atoms with E-state index in [1.165, 1.54) is 56.9 Å². The van der Waals surface area contributed by atoms with Crippen LogP contribution in [0.25, 0.3) is 22.8 Å². The maximum atomic E-state index is 5.40. The van der Waals surface area contributed by atoms with Crippen molar-refractivity contribution in [2.45, 2.75) is 64.2 Å². The second kappa shape index (κ2) is 9.13. The van der Waals surface area contributed by atoms with Crippen LogP contribution in [0, 0.1) is 5.92 Å². The van der Waals surface area contributed by atoms with Gasteiger partial charge in [0.05, 0.1) is 5.56 Å². The number of unbranched alkanes of at least 4 members (excludes halogenated alkanes) is 2. The molecule has 4 heteroatoms. The number of nitrogens with zero attached hydrogens (tertiary/aromatic N) is 3. The molecular weight excluding hydrogens is 346 g/mol. The first-order valence-corrected chi connectivity index (χ1v) is 10.7. The normalized spacial score (nSPS) is 19.6. The lowest BCUT2D eigenvalue weighted by Crippen LogP contribution is -2.13. The summed E-state index contributed by atoms with van der Waals surface area (Å²) in [6.07, 6.45) is 14.4. The van der Waals surface area contributed by atoms with Gasteiger partial charge in [-0.1, -0.05) is 62.0 Å². The highest BCUT2D eigenvalue weighted by Gasteiger charge is 2.22. The van der Waals surface area contributed by atoms with Crippen LogP contribution in [-0.4, -0.2) is 15.1 Å². The Labute approximate surface area is 167 Å². The number of pyridine rings is 1. The van der Waals surface area contributed by atoms with Crippen molar-refractivity contribution >= 4 is 0 Å². The highest BCUT2D eigenvalue weighted by molar-refractivity contribution is 5.59. The first-order chi connectivity index (χ1) is 13.8. The van der Waals surface area contributed by atoms with Gasteiger partial charge in [0, 0.05) is 18.0 Å². The summed E-state index contributed by atoms with van der Waals surface area (Å²) in [6, 6.07) is 12.5. The van der Waals surface area contributed by atoms with Crippen LogP contribution in [0.5, 0.6) is 0 Å². The molecule has 0 radical (unpaired) electrons. The fourth-order valence-corrected chi connectivity index (χ4v) is 4.32. The summed E-state index contributed by atoms with van der Waals surface area (Å²) in [6.45, 7) is 2.29. The molecule has 4 rings (SSSR count). The van der Waals surface area contributed by atoms with E-state index in [2.05, 4.69) is 46.3 Å². The van der Waals surface area contributed by atoms with E-state index in [4.69, 9.17) is 4.52 Å². The van der Waals surface area contributed by atoms with Crippen LogP contribution in [0.1, 0.15) is 69.8 Å². The molecule has 1 aliphatic carbocycles. The highest BCUT2D eigenvalue weighted by atomic mass is 16.5. The first kappa shape index (κ1) is 18.9. The molecule has 2 aromatic heterocycles. The van der Waals surface area contributed by atoms with Gasteiger partial charge >= 0.3 is 0 Å². The van der Waals surface area contributed by atoms with Crippen molar-refractivity contribution in [1.82, 2.24) is 15.1 Å². The first-order valence-electron chi connectivity index (χ1n) is 10.7. The molecule has 1 aromatic carbocycles. The molecule has 3 aromatic rings. The standard InChI is InChI=1S/C24H29N3O/c1-2-3-4-6-18-8-10-19(11-9-18)20-12-14-21(15-13-20)23-26-24(28-27-23)22-7-5-16-25-17-22/h5,7,12-19H,2-4,6,8-11H2,1H3. The zero-order chi connectivity index (χ0) is 19.2. The molecule has 1 aliphatic rings. The molecule has 2 heterocycles. The number of aromatic nitrogens is 3. The van der Waals surface area contributed by atoms with Crippen LogP contribution in [0.3, 0.4) is 0 Å². The highest BCUT2D eigenvalue weighted by Crippen LogP contribution is 2.38. The summed E-state index contributed by atoms with van der Waals surface area (Å²) in [5, 5.41) is 4.14. The SMILES string of the molecule is CCCCCC1CCC(c2ccc(-c3noc(-c4cccnc4)n3)cc2)CC1. The third kappa shape index (κ3) is 4.49. The monoisotopic (exact) mass is 375 g/mol. The van der Waals surface area contributed by atoms with Crippen molar-refractivity contribution in [1.29, 1.82) is 0 Å². The van der Waals surface area contributed by atoms with Crippen LogP contribution in [0.4, 0.5) is 0 Å². The predicted octanol–water partition coefficient (Wildman–Crippen LogP) is 6.65. The maximum absolute atomic E-state index is 5.40. The smallest absolute Gasteiger partial charge is 0.259 e. The number of benzene rings is 1. The molecule has 28 heavy (non-hydrogen) atoms. The summed E-state index contributed by atoms with van der Waals surface area (Å²) in [4.78, 5) is 8.63. The summed E-state index contributed by atoms with van der Waals surface area (Å²) in [5.41, 5.74) is 3.29. The fraction of sp³-hybridized carbons (Fsp3) is 0.458. The van der Waals surface area contributed by atoms with E-state index in [1.807, 2.05) is 12.1 Å². The minimum Gasteiger partial charge on any atom is -0.334 e. The molecule has 0 spiro atoms. The van der Waals surface area contributed by atoms with Crippen LogP contribution < -0.4 is 0 Å². The largest absolute Gasteiger partial charge is 0.334 e. The van der Waals surface area contributed by atoms with E-state index < -0.39 is 0 Å². The lowest BCUT2D eigenvalue weighted by molar-refractivity contribution is 0.303. The van der Waals surface area contributed by atoms with Gasteiger partial charge in [-0.05, 0) is 55.2 Å². The summed E-state index contributed by atoms with van der Waals surface area (Å²) >= 11 is 0. The maximum Gasteiger partial charge on any atom is 0.259 e. The van der Waals surface area contributed by atoms with Crippen molar-refractivity contribution in [3.05, 3.63) is 54.4 Å². The van der Waals surface area contributed by atoms with E-state index in [9.17, 15) is 0 Å². The van der Waals surface area contributed by atoms with Gasteiger partial charge in [-0.3, -0.25) is 4.98 Å². The zero-order valence-electron chi connectivity index (χ0n) is 16.7. The number of hydrogen-bond acceptors (Lipinski definition) is 4. The van der Waals surface area contributed by atoms with Gasteiger partial charge in [-0.15, -0.1) is 0 Å². The molecule has 0 N–H and O–H groups in total. The van der Waals surface area contributed by atoms with Gasteiger partial charge < -0.3 is 4.52 Å². The summed E-state index contributed by atoms with van der Waals surface area (Å²) in [7, 11) is 0. The minimum absolute atomic E-state index is 0.508. The van der Waals surface area contributed by atoms with Crippen molar-refractivity contribution in [2.24, 2.45) is 5.92 Å². The Morgan fingerprint density at radius 3 is 2.50 bits per heavy atom. The molecule has 0 amide bonds. The van der Waals surface area contributed by atoms with Gasteiger partial charge in [0.1, 0.15) is 0 Å². The Bertz CT molecular complexity index is 849. The van der Waals surface area contributed by atoms with Gasteiger partial charge in [0.2, 0.25) is 5.82 Å².